The summed E-state index contributed by atoms with van der Waals surface area (Å²) in [4.78, 5) is 0. The van der Waals surface area contributed by atoms with Gasteiger partial charge in [-0.15, -0.1) is 10.2 Å². The van der Waals surface area contributed by atoms with Gasteiger partial charge in [-0.25, -0.2) is 0 Å². The molecule has 1 aromatic heterocycles. The summed E-state index contributed by atoms with van der Waals surface area (Å²) in [5.74, 6) is 1.95. The Morgan fingerprint density at radius 1 is 1.26 bits per heavy atom. The fourth-order valence-electron chi connectivity index (χ4n) is 2.80. The largest absolute Gasteiger partial charge is 0.385 e. The van der Waals surface area contributed by atoms with Crippen molar-refractivity contribution in [2.24, 2.45) is 0 Å². The van der Waals surface area contributed by atoms with Crippen LogP contribution in [0, 0.1) is 6.92 Å². The molecule has 1 N–H and O–H groups in total. The molecular formula is C15H20N4. The molecule has 2 aromatic rings. The number of nitrogens with zero attached hydrogens (tertiary/aromatic N) is 3. The minimum Gasteiger partial charge on any atom is -0.385 e. The van der Waals surface area contributed by atoms with Gasteiger partial charge in [0.15, 0.2) is 5.82 Å². The molecule has 0 aliphatic carbocycles. The third kappa shape index (κ3) is 2.11. The van der Waals surface area contributed by atoms with Crippen LogP contribution in [-0.4, -0.2) is 21.3 Å². The zero-order chi connectivity index (χ0) is 13.4. The molecular weight excluding hydrogens is 236 g/mol. The van der Waals surface area contributed by atoms with Crippen molar-refractivity contribution in [1.29, 1.82) is 0 Å². The quantitative estimate of drug-likeness (QED) is 0.897. The summed E-state index contributed by atoms with van der Waals surface area (Å²) in [6.07, 6.45) is 2.34. The van der Waals surface area contributed by atoms with Gasteiger partial charge in [0, 0.05) is 23.8 Å². The molecule has 1 aliphatic heterocycles. The van der Waals surface area contributed by atoms with E-state index in [-0.39, 0.29) is 0 Å². The van der Waals surface area contributed by atoms with Crippen LogP contribution in [-0.2, 0) is 6.42 Å². The monoisotopic (exact) mass is 256 g/mol. The number of rotatable bonds is 2. The van der Waals surface area contributed by atoms with Crippen molar-refractivity contribution in [1.82, 2.24) is 14.8 Å². The highest BCUT2D eigenvalue weighted by molar-refractivity contribution is 5.65. The fraction of sp³-hybridized carbons (Fsp3) is 0.467. The first-order chi connectivity index (χ1) is 9.16. The average molecular weight is 256 g/mol. The van der Waals surface area contributed by atoms with Crippen molar-refractivity contribution < 1.29 is 0 Å². The Bertz CT molecular complexity index is 598. The normalized spacial score (nSPS) is 14.3. The lowest BCUT2D eigenvalue weighted by Gasteiger charge is -2.19. The Labute approximate surface area is 113 Å². The van der Waals surface area contributed by atoms with Crippen molar-refractivity contribution >= 4 is 5.69 Å². The third-order valence-corrected chi connectivity index (χ3v) is 3.68. The van der Waals surface area contributed by atoms with Crippen LogP contribution in [0.1, 0.15) is 37.7 Å². The van der Waals surface area contributed by atoms with E-state index in [1.807, 2.05) is 6.92 Å². The molecule has 0 saturated heterocycles. The van der Waals surface area contributed by atoms with Crippen molar-refractivity contribution in [3.63, 3.8) is 0 Å². The van der Waals surface area contributed by atoms with Crippen molar-refractivity contribution in [2.45, 2.75) is 39.7 Å². The average Bonchev–Trinajstić information content (AvgIpc) is 2.80. The molecule has 0 spiro atoms. The van der Waals surface area contributed by atoms with Crippen LogP contribution in [0.15, 0.2) is 18.2 Å². The minimum atomic E-state index is 0.374. The van der Waals surface area contributed by atoms with E-state index in [1.54, 1.807) is 0 Å². The molecule has 4 nitrogen and oxygen atoms in total. The fourth-order valence-corrected chi connectivity index (χ4v) is 2.80. The van der Waals surface area contributed by atoms with Gasteiger partial charge in [-0.05, 0) is 57.4 Å². The second-order valence-electron chi connectivity index (χ2n) is 5.44. The molecule has 1 aliphatic rings. The SMILES string of the molecule is Cc1nnc(-c2ccc3c(c2)CCCN3)n1C(C)C. The Kier molecular flexibility index (Phi) is 3.01. The number of fused-ring (bicyclic) bond motifs is 1. The predicted octanol–water partition coefficient (Wildman–Crippen LogP) is 3.19. The molecule has 0 bridgehead atoms. The first-order valence-corrected chi connectivity index (χ1v) is 6.95. The van der Waals surface area contributed by atoms with E-state index in [1.165, 1.54) is 17.7 Å². The highest BCUT2D eigenvalue weighted by atomic mass is 15.3. The molecule has 100 valence electrons. The van der Waals surface area contributed by atoms with Gasteiger partial charge >= 0.3 is 0 Å². The van der Waals surface area contributed by atoms with Gasteiger partial charge in [0.2, 0.25) is 0 Å². The number of benzene rings is 1. The van der Waals surface area contributed by atoms with Crippen LogP contribution in [0.25, 0.3) is 11.4 Å². The van der Waals surface area contributed by atoms with Crippen molar-refractivity contribution in [2.75, 3.05) is 11.9 Å². The Balaban J connectivity index is 2.07. The maximum Gasteiger partial charge on any atom is 0.164 e. The van der Waals surface area contributed by atoms with Crippen LogP contribution in [0.5, 0.6) is 0 Å². The second-order valence-corrected chi connectivity index (χ2v) is 5.44. The van der Waals surface area contributed by atoms with Crippen molar-refractivity contribution in [3.05, 3.63) is 29.6 Å². The molecule has 0 atom stereocenters. The van der Waals surface area contributed by atoms with Crippen molar-refractivity contribution in [3.8, 4) is 11.4 Å². The predicted molar refractivity (Wildman–Crippen MR) is 77.4 cm³/mol. The summed E-state index contributed by atoms with van der Waals surface area (Å²) in [6.45, 7) is 7.42. The van der Waals surface area contributed by atoms with Gasteiger partial charge < -0.3 is 9.88 Å². The standard InChI is InChI=1S/C15H20N4/c1-10(2)19-11(3)17-18-15(19)13-6-7-14-12(9-13)5-4-8-16-14/h6-7,9-10,16H,4-5,8H2,1-3H3. The summed E-state index contributed by atoms with van der Waals surface area (Å²) >= 11 is 0. The highest BCUT2D eigenvalue weighted by Gasteiger charge is 2.16. The number of aromatic nitrogens is 3. The number of anilines is 1. The first-order valence-electron chi connectivity index (χ1n) is 6.95. The van der Waals surface area contributed by atoms with E-state index in [0.29, 0.717) is 6.04 Å². The summed E-state index contributed by atoms with van der Waals surface area (Å²) in [6, 6.07) is 6.93. The Morgan fingerprint density at radius 2 is 2.11 bits per heavy atom. The number of hydrogen-bond donors (Lipinski definition) is 1. The number of hydrogen-bond acceptors (Lipinski definition) is 3. The lowest BCUT2D eigenvalue weighted by Crippen LogP contribution is -2.12. The van der Waals surface area contributed by atoms with Crippen LogP contribution in [0.3, 0.4) is 0 Å². The van der Waals surface area contributed by atoms with Gasteiger partial charge in [-0.2, -0.15) is 0 Å². The van der Waals surface area contributed by atoms with Gasteiger partial charge in [-0.1, -0.05) is 0 Å². The zero-order valence-electron chi connectivity index (χ0n) is 11.8. The molecule has 0 saturated carbocycles. The maximum absolute atomic E-state index is 4.35. The van der Waals surface area contributed by atoms with E-state index < -0.39 is 0 Å². The van der Waals surface area contributed by atoms with Crippen LogP contribution in [0.2, 0.25) is 0 Å². The lowest BCUT2D eigenvalue weighted by atomic mass is 10.0. The maximum atomic E-state index is 4.35. The van der Waals surface area contributed by atoms with E-state index >= 15 is 0 Å². The number of nitrogens with one attached hydrogen (secondary N) is 1. The minimum absolute atomic E-state index is 0.374. The molecule has 4 heteroatoms. The summed E-state index contributed by atoms with van der Waals surface area (Å²) in [5, 5.41) is 12.0. The molecule has 1 aromatic carbocycles. The molecule has 2 heterocycles. The number of aryl methyl sites for hydroxylation is 2. The Morgan fingerprint density at radius 3 is 2.89 bits per heavy atom. The summed E-state index contributed by atoms with van der Waals surface area (Å²) in [5.41, 5.74) is 3.82. The smallest absolute Gasteiger partial charge is 0.164 e. The molecule has 0 fully saturated rings. The molecule has 0 amide bonds. The third-order valence-electron chi connectivity index (χ3n) is 3.68. The second kappa shape index (κ2) is 4.68. The van der Waals surface area contributed by atoms with E-state index in [4.69, 9.17) is 0 Å². The van der Waals surface area contributed by atoms with Gasteiger partial charge in [0.25, 0.3) is 0 Å². The topological polar surface area (TPSA) is 42.7 Å². The molecule has 3 rings (SSSR count). The van der Waals surface area contributed by atoms with E-state index in [0.717, 1.165) is 30.2 Å². The zero-order valence-corrected chi connectivity index (χ0v) is 11.8. The summed E-state index contributed by atoms with van der Waals surface area (Å²) in [7, 11) is 0. The summed E-state index contributed by atoms with van der Waals surface area (Å²) < 4.78 is 2.19. The van der Waals surface area contributed by atoms with E-state index in [2.05, 4.69) is 52.1 Å². The van der Waals surface area contributed by atoms with Gasteiger partial charge in [0.1, 0.15) is 5.82 Å². The van der Waals surface area contributed by atoms with Gasteiger partial charge in [0.05, 0.1) is 0 Å². The lowest BCUT2D eigenvalue weighted by molar-refractivity contribution is 0.587. The van der Waals surface area contributed by atoms with Gasteiger partial charge in [-0.3, -0.25) is 0 Å². The van der Waals surface area contributed by atoms with Crippen LogP contribution < -0.4 is 5.32 Å². The first kappa shape index (κ1) is 12.2. The van der Waals surface area contributed by atoms with Crippen LogP contribution >= 0.6 is 0 Å². The van der Waals surface area contributed by atoms with Crippen LogP contribution in [0.4, 0.5) is 5.69 Å². The molecule has 0 radical (unpaired) electrons. The van der Waals surface area contributed by atoms with E-state index in [9.17, 15) is 0 Å². The highest BCUT2D eigenvalue weighted by Crippen LogP contribution is 2.29. The molecule has 19 heavy (non-hydrogen) atoms. The Hall–Kier alpha value is -1.84. The molecule has 0 unspecified atom stereocenters.